The lowest BCUT2D eigenvalue weighted by Gasteiger charge is -2.19. The Morgan fingerprint density at radius 2 is 2.04 bits per heavy atom. The fourth-order valence-corrected chi connectivity index (χ4v) is 2.94. The molecule has 0 spiro atoms. The predicted molar refractivity (Wildman–Crippen MR) is 92.0 cm³/mol. The first-order valence-corrected chi connectivity index (χ1v) is 8.43. The highest BCUT2D eigenvalue weighted by molar-refractivity contribution is 9.10. The second-order valence-electron chi connectivity index (χ2n) is 6.54. The highest BCUT2D eigenvalue weighted by Gasteiger charge is 2.21. The summed E-state index contributed by atoms with van der Waals surface area (Å²) in [5.41, 5.74) is 0.108. The van der Waals surface area contributed by atoms with E-state index in [1.165, 1.54) is 12.8 Å². The van der Waals surface area contributed by atoms with Crippen molar-refractivity contribution in [1.29, 1.82) is 0 Å². The lowest BCUT2D eigenvalue weighted by Crippen LogP contribution is -2.27. The standard InChI is InChI=1S/C15H20BrN5O2/c1-15(2,3)23-14(22)18-12-11(16)13-17-10(6-9-21(13)19-12)20-7-4-5-8-20/h6,9H,4-5,7-8H2,1-3H3,(H,18,19,22). The van der Waals surface area contributed by atoms with Gasteiger partial charge in [0.25, 0.3) is 0 Å². The number of fused-ring (bicyclic) bond motifs is 1. The van der Waals surface area contributed by atoms with Gasteiger partial charge in [-0.05, 0) is 55.6 Å². The summed E-state index contributed by atoms with van der Waals surface area (Å²) < 4.78 is 7.53. The predicted octanol–water partition coefficient (Wildman–Crippen LogP) is 3.44. The fraction of sp³-hybridized carbons (Fsp3) is 0.533. The molecule has 0 aromatic carbocycles. The van der Waals surface area contributed by atoms with Gasteiger partial charge in [-0.15, -0.1) is 5.10 Å². The van der Waals surface area contributed by atoms with Crippen molar-refractivity contribution >= 4 is 39.3 Å². The summed E-state index contributed by atoms with van der Waals surface area (Å²) in [6.07, 6.45) is 3.69. The number of nitrogens with one attached hydrogen (secondary N) is 1. The zero-order valence-corrected chi connectivity index (χ0v) is 15.1. The number of carbonyl (C=O) groups excluding carboxylic acids is 1. The molecule has 0 unspecified atom stereocenters. The number of hydrogen-bond donors (Lipinski definition) is 1. The minimum absolute atomic E-state index is 0.394. The van der Waals surface area contributed by atoms with Crippen LogP contribution in [0.25, 0.3) is 5.65 Å². The molecule has 0 radical (unpaired) electrons. The highest BCUT2D eigenvalue weighted by atomic mass is 79.9. The van der Waals surface area contributed by atoms with Crippen LogP contribution >= 0.6 is 15.9 Å². The second-order valence-corrected chi connectivity index (χ2v) is 7.33. The molecule has 23 heavy (non-hydrogen) atoms. The summed E-state index contributed by atoms with van der Waals surface area (Å²) in [5, 5.41) is 6.98. The van der Waals surface area contributed by atoms with Gasteiger partial charge in [0.15, 0.2) is 11.5 Å². The van der Waals surface area contributed by atoms with Gasteiger partial charge in [0.2, 0.25) is 0 Å². The Morgan fingerprint density at radius 3 is 2.70 bits per heavy atom. The molecule has 1 aliphatic rings. The molecule has 1 aliphatic heterocycles. The van der Waals surface area contributed by atoms with Crippen LogP contribution in [0, 0.1) is 0 Å². The SMILES string of the molecule is CC(C)(C)OC(=O)Nc1nn2ccc(N3CCCC3)nc2c1Br. The van der Waals surface area contributed by atoms with Crippen LogP contribution < -0.4 is 10.2 Å². The number of ether oxygens (including phenoxy) is 1. The van der Waals surface area contributed by atoms with E-state index < -0.39 is 11.7 Å². The molecular weight excluding hydrogens is 362 g/mol. The Morgan fingerprint density at radius 1 is 1.35 bits per heavy atom. The Balaban J connectivity index is 1.85. The maximum atomic E-state index is 11.9. The molecule has 0 atom stereocenters. The average Bonchev–Trinajstić information content (AvgIpc) is 3.06. The minimum Gasteiger partial charge on any atom is -0.444 e. The Labute approximate surface area is 143 Å². The number of hydrogen-bond acceptors (Lipinski definition) is 5. The molecule has 0 saturated carbocycles. The smallest absolute Gasteiger partial charge is 0.413 e. The van der Waals surface area contributed by atoms with Crippen molar-refractivity contribution in [3.8, 4) is 0 Å². The number of carbonyl (C=O) groups is 1. The first kappa shape index (κ1) is 16.0. The number of nitrogens with zero attached hydrogens (tertiary/aromatic N) is 4. The number of aromatic nitrogens is 3. The van der Waals surface area contributed by atoms with Gasteiger partial charge in [-0.25, -0.2) is 14.3 Å². The zero-order chi connectivity index (χ0) is 16.6. The van der Waals surface area contributed by atoms with E-state index in [1.807, 2.05) is 33.0 Å². The van der Waals surface area contributed by atoms with Crippen LogP contribution in [0.15, 0.2) is 16.7 Å². The van der Waals surface area contributed by atoms with Crippen LogP contribution in [0.3, 0.4) is 0 Å². The molecule has 2 aromatic rings. The van der Waals surface area contributed by atoms with Gasteiger partial charge in [-0.2, -0.15) is 0 Å². The summed E-state index contributed by atoms with van der Waals surface area (Å²) in [6.45, 7) is 7.50. The number of amides is 1. The van der Waals surface area contributed by atoms with Crippen molar-refractivity contribution in [2.75, 3.05) is 23.3 Å². The largest absolute Gasteiger partial charge is 0.444 e. The molecule has 8 heteroatoms. The van der Waals surface area contributed by atoms with E-state index in [9.17, 15) is 4.79 Å². The van der Waals surface area contributed by atoms with Crippen LogP contribution in [0.5, 0.6) is 0 Å². The van der Waals surface area contributed by atoms with Gasteiger partial charge in [0.1, 0.15) is 15.9 Å². The third-order valence-corrected chi connectivity index (χ3v) is 4.19. The van der Waals surface area contributed by atoms with E-state index in [2.05, 4.69) is 36.2 Å². The van der Waals surface area contributed by atoms with Crippen LogP contribution in [0.2, 0.25) is 0 Å². The molecule has 0 bridgehead atoms. The summed E-state index contributed by atoms with van der Waals surface area (Å²) >= 11 is 3.47. The lowest BCUT2D eigenvalue weighted by atomic mass is 10.2. The van der Waals surface area contributed by atoms with Crippen molar-refractivity contribution in [2.45, 2.75) is 39.2 Å². The molecule has 7 nitrogen and oxygen atoms in total. The molecule has 1 amide bonds. The molecule has 3 heterocycles. The third-order valence-electron chi connectivity index (χ3n) is 3.46. The van der Waals surface area contributed by atoms with E-state index in [4.69, 9.17) is 4.74 Å². The van der Waals surface area contributed by atoms with E-state index in [-0.39, 0.29) is 0 Å². The van der Waals surface area contributed by atoms with E-state index in [1.54, 1.807) is 4.52 Å². The maximum Gasteiger partial charge on any atom is 0.413 e. The minimum atomic E-state index is -0.559. The number of halogens is 1. The van der Waals surface area contributed by atoms with Crippen molar-refractivity contribution in [3.05, 3.63) is 16.7 Å². The summed E-state index contributed by atoms with van der Waals surface area (Å²) in [6, 6.07) is 1.94. The highest BCUT2D eigenvalue weighted by Crippen LogP contribution is 2.28. The van der Waals surface area contributed by atoms with Crippen LogP contribution in [0.4, 0.5) is 16.4 Å². The topological polar surface area (TPSA) is 71.8 Å². The molecule has 1 fully saturated rings. The quantitative estimate of drug-likeness (QED) is 0.862. The summed E-state index contributed by atoms with van der Waals surface area (Å²) in [5.74, 6) is 1.32. The Bertz CT molecular complexity index is 731. The van der Waals surface area contributed by atoms with Crippen LogP contribution in [0.1, 0.15) is 33.6 Å². The zero-order valence-electron chi connectivity index (χ0n) is 13.5. The van der Waals surface area contributed by atoms with Gasteiger partial charge < -0.3 is 9.64 Å². The van der Waals surface area contributed by atoms with Gasteiger partial charge in [-0.1, -0.05) is 0 Å². The van der Waals surface area contributed by atoms with Crippen molar-refractivity contribution in [3.63, 3.8) is 0 Å². The van der Waals surface area contributed by atoms with Gasteiger partial charge >= 0.3 is 6.09 Å². The summed E-state index contributed by atoms with van der Waals surface area (Å²) in [7, 11) is 0. The summed E-state index contributed by atoms with van der Waals surface area (Å²) in [4.78, 5) is 18.8. The molecule has 1 saturated heterocycles. The fourth-order valence-electron chi connectivity index (χ4n) is 2.50. The van der Waals surface area contributed by atoms with Crippen LogP contribution in [-0.2, 0) is 4.74 Å². The average molecular weight is 382 g/mol. The Kier molecular flexibility index (Phi) is 4.18. The van der Waals surface area contributed by atoms with Gasteiger partial charge in [-0.3, -0.25) is 5.32 Å². The molecule has 124 valence electrons. The van der Waals surface area contributed by atoms with Gasteiger partial charge in [0.05, 0.1) is 0 Å². The van der Waals surface area contributed by atoms with Crippen molar-refractivity contribution in [1.82, 2.24) is 14.6 Å². The molecular formula is C15H20BrN5O2. The van der Waals surface area contributed by atoms with E-state index in [0.717, 1.165) is 18.9 Å². The third kappa shape index (κ3) is 3.57. The van der Waals surface area contributed by atoms with Crippen molar-refractivity contribution < 1.29 is 9.53 Å². The van der Waals surface area contributed by atoms with E-state index >= 15 is 0 Å². The lowest BCUT2D eigenvalue weighted by molar-refractivity contribution is 0.0635. The first-order chi connectivity index (χ1) is 10.8. The number of rotatable bonds is 2. The maximum absolute atomic E-state index is 11.9. The second kappa shape index (κ2) is 5.99. The molecule has 0 aliphatic carbocycles. The molecule has 2 aromatic heterocycles. The first-order valence-electron chi connectivity index (χ1n) is 7.63. The molecule has 1 N–H and O–H groups in total. The van der Waals surface area contributed by atoms with Gasteiger partial charge in [0, 0.05) is 19.3 Å². The van der Waals surface area contributed by atoms with E-state index in [0.29, 0.717) is 15.9 Å². The monoisotopic (exact) mass is 381 g/mol. The van der Waals surface area contributed by atoms with Crippen LogP contribution in [-0.4, -0.2) is 39.4 Å². The Hall–Kier alpha value is -1.83. The number of anilines is 2. The molecule has 3 rings (SSSR count). The van der Waals surface area contributed by atoms with Crippen molar-refractivity contribution in [2.24, 2.45) is 0 Å². The normalized spacial score (nSPS) is 15.2.